The van der Waals surface area contributed by atoms with E-state index >= 15 is 0 Å². The van der Waals surface area contributed by atoms with Gasteiger partial charge in [0.1, 0.15) is 5.01 Å². The molecule has 1 aliphatic rings. The number of rotatable bonds is 1. The Labute approximate surface area is 136 Å². The van der Waals surface area contributed by atoms with Crippen molar-refractivity contribution in [3.05, 3.63) is 38.3 Å². The van der Waals surface area contributed by atoms with Crippen LogP contribution in [-0.2, 0) is 6.42 Å². The molecule has 0 radical (unpaired) electrons. The van der Waals surface area contributed by atoms with Gasteiger partial charge in [-0.3, -0.25) is 0 Å². The van der Waals surface area contributed by atoms with Gasteiger partial charge in [-0.1, -0.05) is 31.5 Å². The minimum Gasteiger partial charge on any atom is -0.323 e. The Kier molecular flexibility index (Phi) is 3.70. The summed E-state index contributed by atoms with van der Waals surface area (Å²) < 4.78 is 0.898. The van der Waals surface area contributed by atoms with Crippen LogP contribution in [0.2, 0.25) is 5.02 Å². The lowest BCUT2D eigenvalue weighted by Crippen LogP contribution is -2.28. The molecule has 1 unspecified atom stereocenters. The van der Waals surface area contributed by atoms with Crippen molar-refractivity contribution in [2.45, 2.75) is 32.7 Å². The van der Waals surface area contributed by atoms with Gasteiger partial charge in [-0.15, -0.1) is 11.3 Å². The third-order valence-electron chi connectivity index (χ3n) is 3.65. The molecule has 0 saturated carbocycles. The number of halogens is 2. The zero-order valence-corrected chi connectivity index (χ0v) is 14.6. The van der Waals surface area contributed by atoms with Crippen molar-refractivity contribution in [2.75, 3.05) is 0 Å². The fourth-order valence-corrected chi connectivity index (χ4v) is 4.32. The molecular weight excluding hydrogens is 356 g/mol. The second kappa shape index (κ2) is 5.09. The van der Waals surface area contributed by atoms with Crippen LogP contribution in [-0.4, -0.2) is 4.98 Å². The summed E-state index contributed by atoms with van der Waals surface area (Å²) in [6.07, 6.45) is 2.02. The maximum atomic E-state index is 6.31. The highest BCUT2D eigenvalue weighted by Gasteiger charge is 2.33. The predicted octanol–water partition coefficient (Wildman–Crippen LogP) is 5.20. The number of fused-ring (bicyclic) bond motifs is 1. The van der Waals surface area contributed by atoms with E-state index in [0.29, 0.717) is 5.02 Å². The molecule has 0 bridgehead atoms. The Morgan fingerprint density at radius 1 is 1.45 bits per heavy atom. The first-order valence-corrected chi connectivity index (χ1v) is 8.55. The van der Waals surface area contributed by atoms with Gasteiger partial charge in [-0.05, 0) is 46.3 Å². The van der Waals surface area contributed by atoms with Crippen LogP contribution in [0.15, 0.2) is 22.7 Å². The minimum absolute atomic E-state index is 0.107. The van der Waals surface area contributed by atoms with E-state index in [1.54, 1.807) is 11.3 Å². The number of benzene rings is 1. The number of nitrogens with zero attached hydrogens (tertiary/aromatic N) is 1. The molecule has 0 amide bonds. The smallest absolute Gasteiger partial charge is 0.123 e. The average Bonchev–Trinajstić information content (AvgIpc) is 2.75. The normalized spacial score (nSPS) is 20.8. The van der Waals surface area contributed by atoms with Crippen LogP contribution >= 0.6 is 38.9 Å². The van der Waals surface area contributed by atoms with Crippen molar-refractivity contribution in [2.24, 2.45) is 11.1 Å². The molecular formula is C15H16BrClN2S. The van der Waals surface area contributed by atoms with Crippen LogP contribution in [0, 0.1) is 5.41 Å². The zero-order valence-electron chi connectivity index (χ0n) is 11.4. The van der Waals surface area contributed by atoms with Crippen LogP contribution in [0.3, 0.4) is 0 Å². The molecule has 1 heterocycles. The van der Waals surface area contributed by atoms with Gasteiger partial charge in [0.25, 0.3) is 0 Å². The highest BCUT2D eigenvalue weighted by molar-refractivity contribution is 9.10. The molecule has 2 nitrogen and oxygen atoms in total. The first-order chi connectivity index (χ1) is 9.35. The standard InChI is InChI=1S/C15H16BrClN2S/c1-15(2)6-11(18)13-12(7-15)19-14(20-13)8-3-4-10(17)9(16)5-8/h3-5,11H,6-7,18H2,1-2H3. The van der Waals surface area contributed by atoms with E-state index in [0.717, 1.165) is 27.9 Å². The highest BCUT2D eigenvalue weighted by atomic mass is 79.9. The molecule has 3 rings (SSSR count). The van der Waals surface area contributed by atoms with E-state index in [-0.39, 0.29) is 11.5 Å². The Hall–Kier alpha value is -0.420. The van der Waals surface area contributed by atoms with Gasteiger partial charge in [0, 0.05) is 21.0 Å². The minimum atomic E-state index is 0.107. The van der Waals surface area contributed by atoms with Gasteiger partial charge < -0.3 is 5.73 Å². The third kappa shape index (κ3) is 2.67. The summed E-state index contributed by atoms with van der Waals surface area (Å²) in [7, 11) is 0. The quantitative estimate of drug-likeness (QED) is 0.748. The van der Waals surface area contributed by atoms with E-state index < -0.39 is 0 Å². The second-order valence-electron chi connectivity index (χ2n) is 6.11. The first-order valence-electron chi connectivity index (χ1n) is 6.56. The second-order valence-corrected chi connectivity index (χ2v) is 8.40. The molecule has 0 fully saturated rings. The molecule has 0 spiro atoms. The number of hydrogen-bond donors (Lipinski definition) is 1. The van der Waals surface area contributed by atoms with Gasteiger partial charge in [-0.2, -0.15) is 0 Å². The molecule has 2 aromatic rings. The number of hydrogen-bond acceptors (Lipinski definition) is 3. The van der Waals surface area contributed by atoms with Crippen LogP contribution in [0.4, 0.5) is 0 Å². The molecule has 1 aromatic carbocycles. The molecule has 106 valence electrons. The van der Waals surface area contributed by atoms with Crippen molar-refractivity contribution in [1.82, 2.24) is 4.98 Å². The zero-order chi connectivity index (χ0) is 14.5. The van der Waals surface area contributed by atoms with E-state index in [1.807, 2.05) is 18.2 Å². The van der Waals surface area contributed by atoms with Crippen molar-refractivity contribution in [3.8, 4) is 10.6 Å². The van der Waals surface area contributed by atoms with Crippen molar-refractivity contribution in [3.63, 3.8) is 0 Å². The Bertz CT molecular complexity index is 666. The Morgan fingerprint density at radius 3 is 2.90 bits per heavy atom. The molecule has 0 aliphatic heterocycles. The number of thiazole rings is 1. The van der Waals surface area contributed by atoms with Crippen LogP contribution < -0.4 is 5.73 Å². The monoisotopic (exact) mass is 370 g/mol. The lowest BCUT2D eigenvalue weighted by atomic mass is 9.77. The molecule has 20 heavy (non-hydrogen) atoms. The third-order valence-corrected chi connectivity index (χ3v) is 6.14. The molecule has 1 aliphatic carbocycles. The van der Waals surface area contributed by atoms with Gasteiger partial charge in [0.15, 0.2) is 0 Å². The number of aromatic nitrogens is 1. The Balaban J connectivity index is 2.03. The van der Waals surface area contributed by atoms with Gasteiger partial charge in [0.2, 0.25) is 0 Å². The maximum Gasteiger partial charge on any atom is 0.123 e. The molecule has 0 saturated heterocycles. The van der Waals surface area contributed by atoms with Crippen LogP contribution in [0.5, 0.6) is 0 Å². The van der Waals surface area contributed by atoms with Gasteiger partial charge >= 0.3 is 0 Å². The van der Waals surface area contributed by atoms with E-state index in [1.165, 1.54) is 10.6 Å². The van der Waals surface area contributed by atoms with E-state index in [2.05, 4.69) is 29.8 Å². The SMILES string of the molecule is CC1(C)Cc2nc(-c3ccc(Cl)c(Br)c3)sc2C(N)C1. The average molecular weight is 372 g/mol. The number of nitrogens with two attached hydrogens (primary N) is 1. The fourth-order valence-electron chi connectivity index (χ4n) is 2.75. The Morgan fingerprint density at radius 2 is 2.20 bits per heavy atom. The first kappa shape index (κ1) is 14.5. The van der Waals surface area contributed by atoms with E-state index in [4.69, 9.17) is 22.3 Å². The summed E-state index contributed by atoms with van der Waals surface area (Å²) >= 11 is 11.2. The predicted molar refractivity (Wildman–Crippen MR) is 89.3 cm³/mol. The van der Waals surface area contributed by atoms with Crippen LogP contribution in [0.1, 0.15) is 36.9 Å². The lowest BCUT2D eigenvalue weighted by molar-refractivity contribution is 0.282. The van der Waals surface area contributed by atoms with Gasteiger partial charge in [0.05, 0.1) is 10.7 Å². The van der Waals surface area contributed by atoms with Crippen molar-refractivity contribution < 1.29 is 0 Å². The molecule has 2 N–H and O–H groups in total. The molecule has 5 heteroatoms. The summed E-state index contributed by atoms with van der Waals surface area (Å²) in [6, 6.07) is 6.03. The van der Waals surface area contributed by atoms with E-state index in [9.17, 15) is 0 Å². The largest absolute Gasteiger partial charge is 0.323 e. The van der Waals surface area contributed by atoms with Crippen LogP contribution in [0.25, 0.3) is 10.6 Å². The summed E-state index contributed by atoms with van der Waals surface area (Å²) in [4.78, 5) is 6.05. The lowest BCUT2D eigenvalue weighted by Gasteiger charge is -2.32. The summed E-state index contributed by atoms with van der Waals surface area (Å²) in [6.45, 7) is 4.52. The summed E-state index contributed by atoms with van der Waals surface area (Å²) in [5.41, 5.74) is 8.80. The maximum absolute atomic E-state index is 6.31. The van der Waals surface area contributed by atoms with Gasteiger partial charge in [-0.25, -0.2) is 4.98 Å². The molecule has 1 atom stereocenters. The summed E-state index contributed by atoms with van der Waals surface area (Å²) in [5.74, 6) is 0. The highest BCUT2D eigenvalue weighted by Crippen LogP contribution is 2.44. The summed E-state index contributed by atoms with van der Waals surface area (Å²) in [5, 5.41) is 1.74. The van der Waals surface area contributed by atoms with Crippen molar-refractivity contribution >= 4 is 38.9 Å². The fraction of sp³-hybridized carbons (Fsp3) is 0.400. The van der Waals surface area contributed by atoms with Crippen molar-refractivity contribution in [1.29, 1.82) is 0 Å². The molecule has 1 aromatic heterocycles. The topological polar surface area (TPSA) is 38.9 Å².